The van der Waals surface area contributed by atoms with Crippen LogP contribution in [0.2, 0.25) is 0 Å². The van der Waals surface area contributed by atoms with Crippen molar-refractivity contribution in [1.82, 2.24) is 0 Å². The summed E-state index contributed by atoms with van der Waals surface area (Å²) in [5.74, 6) is 0.0602. The molecule has 0 aromatic heterocycles. The van der Waals surface area contributed by atoms with E-state index < -0.39 is 0 Å². The van der Waals surface area contributed by atoms with Crippen LogP contribution in [-0.4, -0.2) is 13.2 Å². The Labute approximate surface area is 57.9 Å². The third kappa shape index (κ3) is 1.01. The zero-order chi connectivity index (χ0) is 7.40. The van der Waals surface area contributed by atoms with Crippen LogP contribution in [0, 0.1) is 22.7 Å². The number of rotatable bonds is 0. The van der Waals surface area contributed by atoms with Crippen molar-refractivity contribution in [1.29, 1.82) is 10.5 Å². The monoisotopic (exact) mass is 136 g/mol. The highest BCUT2D eigenvalue weighted by Crippen LogP contribution is 2.11. The van der Waals surface area contributed by atoms with Crippen molar-refractivity contribution in [2.45, 2.75) is 0 Å². The molecule has 10 heavy (non-hydrogen) atoms. The molecule has 0 unspecified atom stereocenters. The molecule has 1 saturated heterocycles. The van der Waals surface area contributed by atoms with Crippen LogP contribution < -0.4 is 0 Å². The van der Waals surface area contributed by atoms with E-state index in [1.807, 2.05) is 0 Å². The first-order chi connectivity index (χ1) is 4.88. The molecule has 0 saturated carbocycles. The van der Waals surface area contributed by atoms with Gasteiger partial charge in [0.05, 0.1) is 0 Å². The molecule has 0 amide bonds. The topological polar surface area (TPSA) is 66.0 Å². The van der Waals surface area contributed by atoms with Gasteiger partial charge in [0, 0.05) is 0 Å². The van der Waals surface area contributed by atoms with Gasteiger partial charge in [-0.1, -0.05) is 0 Å². The molecular formula is C6H4N2O2. The van der Waals surface area contributed by atoms with Crippen molar-refractivity contribution < 1.29 is 9.47 Å². The van der Waals surface area contributed by atoms with Crippen LogP contribution in [0.15, 0.2) is 11.5 Å². The van der Waals surface area contributed by atoms with E-state index in [-0.39, 0.29) is 11.5 Å². The molecule has 1 aliphatic rings. The van der Waals surface area contributed by atoms with E-state index in [4.69, 9.17) is 20.0 Å². The molecule has 1 aliphatic heterocycles. The lowest BCUT2D eigenvalue weighted by molar-refractivity contribution is 0.173. The second-order valence-electron chi connectivity index (χ2n) is 1.58. The van der Waals surface area contributed by atoms with E-state index >= 15 is 0 Å². The van der Waals surface area contributed by atoms with E-state index in [1.165, 1.54) is 0 Å². The fourth-order valence-corrected chi connectivity index (χ4v) is 0.571. The van der Waals surface area contributed by atoms with Crippen LogP contribution in [-0.2, 0) is 9.47 Å². The molecule has 4 heteroatoms. The van der Waals surface area contributed by atoms with Gasteiger partial charge < -0.3 is 9.47 Å². The molecule has 1 rings (SSSR count). The summed E-state index contributed by atoms with van der Waals surface area (Å²) >= 11 is 0. The highest BCUT2D eigenvalue weighted by Gasteiger charge is 2.14. The number of nitrogens with zero attached hydrogens (tertiary/aromatic N) is 2. The largest absolute Gasteiger partial charge is 0.460 e. The zero-order valence-corrected chi connectivity index (χ0v) is 5.13. The Balaban J connectivity index is 2.85. The highest BCUT2D eigenvalue weighted by molar-refractivity contribution is 5.36. The van der Waals surface area contributed by atoms with Gasteiger partial charge >= 0.3 is 5.95 Å². The molecule has 0 spiro atoms. The normalized spacial score (nSPS) is 14.4. The summed E-state index contributed by atoms with van der Waals surface area (Å²) < 4.78 is 9.62. The van der Waals surface area contributed by atoms with Crippen molar-refractivity contribution >= 4 is 0 Å². The number of hydrogen-bond donors (Lipinski definition) is 0. The number of ether oxygens (including phenoxy) is 2. The fraction of sp³-hybridized carbons (Fsp3) is 0.333. The summed E-state index contributed by atoms with van der Waals surface area (Å²) in [4.78, 5) is 0. The molecule has 1 fully saturated rings. The van der Waals surface area contributed by atoms with Crippen LogP contribution in [0.1, 0.15) is 0 Å². The van der Waals surface area contributed by atoms with Gasteiger partial charge in [-0.05, 0) is 0 Å². The van der Waals surface area contributed by atoms with Gasteiger partial charge in [-0.15, -0.1) is 0 Å². The smallest absolute Gasteiger partial charge is 0.309 e. The standard InChI is InChI=1S/C6H4N2O2/c7-3-5(4-8)6-9-1-2-10-6/h1-2H2. The van der Waals surface area contributed by atoms with E-state index in [1.54, 1.807) is 12.1 Å². The van der Waals surface area contributed by atoms with E-state index in [9.17, 15) is 0 Å². The maximum absolute atomic E-state index is 8.30. The van der Waals surface area contributed by atoms with Gasteiger partial charge in [-0.3, -0.25) is 0 Å². The van der Waals surface area contributed by atoms with Crippen molar-refractivity contribution in [3.8, 4) is 12.1 Å². The highest BCUT2D eigenvalue weighted by atomic mass is 16.7. The fourth-order valence-electron chi connectivity index (χ4n) is 0.571. The minimum Gasteiger partial charge on any atom is -0.460 e. The molecule has 4 nitrogen and oxygen atoms in total. The minimum absolute atomic E-state index is 0.0602. The van der Waals surface area contributed by atoms with Gasteiger partial charge in [-0.2, -0.15) is 10.5 Å². The van der Waals surface area contributed by atoms with Crippen molar-refractivity contribution in [3.05, 3.63) is 11.5 Å². The van der Waals surface area contributed by atoms with Crippen LogP contribution in [0.25, 0.3) is 0 Å². The maximum Gasteiger partial charge on any atom is 0.309 e. The van der Waals surface area contributed by atoms with Gasteiger partial charge in [0.25, 0.3) is 0 Å². The van der Waals surface area contributed by atoms with E-state index in [0.717, 1.165) is 0 Å². The van der Waals surface area contributed by atoms with Crippen molar-refractivity contribution in [2.24, 2.45) is 0 Å². The number of hydrogen-bond acceptors (Lipinski definition) is 4. The molecule has 0 atom stereocenters. The van der Waals surface area contributed by atoms with Gasteiger partial charge in [-0.25, -0.2) is 0 Å². The Morgan fingerprint density at radius 1 is 1.20 bits per heavy atom. The Kier molecular flexibility index (Phi) is 1.77. The quantitative estimate of drug-likeness (QED) is 0.449. The Morgan fingerprint density at radius 3 is 2.10 bits per heavy atom. The second-order valence-corrected chi connectivity index (χ2v) is 1.58. The first-order valence-corrected chi connectivity index (χ1v) is 2.68. The molecule has 50 valence electrons. The third-order valence-electron chi connectivity index (χ3n) is 0.977. The maximum atomic E-state index is 8.30. The van der Waals surface area contributed by atoms with E-state index in [0.29, 0.717) is 13.2 Å². The molecule has 1 heterocycles. The first-order valence-electron chi connectivity index (χ1n) is 2.68. The average Bonchev–Trinajstić information content (AvgIpc) is 2.43. The lowest BCUT2D eigenvalue weighted by atomic mass is 10.3. The summed E-state index contributed by atoms with van der Waals surface area (Å²) in [7, 11) is 0. The number of allylic oxidation sites excluding steroid dienone is 1. The van der Waals surface area contributed by atoms with Gasteiger partial charge in [0.15, 0.2) is 0 Å². The van der Waals surface area contributed by atoms with Crippen molar-refractivity contribution in [2.75, 3.05) is 13.2 Å². The Bertz CT molecular complexity index is 219. The van der Waals surface area contributed by atoms with Gasteiger partial charge in [0.1, 0.15) is 25.4 Å². The van der Waals surface area contributed by atoms with Crippen molar-refractivity contribution in [3.63, 3.8) is 0 Å². The first kappa shape index (κ1) is 6.44. The van der Waals surface area contributed by atoms with Crippen LogP contribution in [0.4, 0.5) is 0 Å². The number of nitriles is 2. The van der Waals surface area contributed by atoms with Gasteiger partial charge in [0.2, 0.25) is 5.57 Å². The summed E-state index contributed by atoms with van der Waals surface area (Å²) in [5.41, 5.74) is -0.0995. The lowest BCUT2D eigenvalue weighted by Gasteiger charge is -1.92. The predicted octanol–water partition coefficient (Wildman–Crippen LogP) is 0.292. The molecule has 0 N–H and O–H groups in total. The zero-order valence-electron chi connectivity index (χ0n) is 5.13. The van der Waals surface area contributed by atoms with Crippen LogP contribution >= 0.6 is 0 Å². The molecule has 0 radical (unpaired) electrons. The minimum atomic E-state index is -0.0995. The molecular weight excluding hydrogens is 132 g/mol. The Morgan fingerprint density at radius 2 is 1.70 bits per heavy atom. The summed E-state index contributed by atoms with van der Waals surface area (Å²) in [6.07, 6.45) is 0. The third-order valence-corrected chi connectivity index (χ3v) is 0.977. The molecule has 0 aromatic rings. The van der Waals surface area contributed by atoms with Crippen LogP contribution in [0.5, 0.6) is 0 Å². The molecule has 0 aliphatic carbocycles. The average molecular weight is 136 g/mol. The Hall–Kier alpha value is -1.68. The molecule has 0 aromatic carbocycles. The SMILES string of the molecule is N#CC(C#N)=C1OCCO1. The summed E-state index contributed by atoms with van der Waals surface area (Å²) in [5, 5.41) is 16.6. The second kappa shape index (κ2) is 2.75. The predicted molar refractivity (Wildman–Crippen MR) is 30.2 cm³/mol. The van der Waals surface area contributed by atoms with Crippen LogP contribution in [0.3, 0.4) is 0 Å². The van der Waals surface area contributed by atoms with E-state index in [2.05, 4.69) is 0 Å². The summed E-state index contributed by atoms with van der Waals surface area (Å²) in [6.45, 7) is 0.838. The lowest BCUT2D eigenvalue weighted by Crippen LogP contribution is -1.86. The molecule has 0 bridgehead atoms. The summed E-state index contributed by atoms with van der Waals surface area (Å²) in [6, 6.07) is 3.32.